The van der Waals surface area contributed by atoms with Gasteiger partial charge in [0, 0.05) is 11.1 Å². The molecule has 0 heterocycles. The fourth-order valence-corrected chi connectivity index (χ4v) is 1.66. The van der Waals surface area contributed by atoms with Crippen LogP contribution in [0.2, 0.25) is 0 Å². The molecule has 3 heteroatoms. The van der Waals surface area contributed by atoms with Crippen molar-refractivity contribution in [2.45, 2.75) is 6.10 Å². The van der Waals surface area contributed by atoms with Crippen LogP contribution in [0.25, 0.3) is 5.76 Å². The van der Waals surface area contributed by atoms with Gasteiger partial charge in [0.1, 0.15) is 18.5 Å². The second kappa shape index (κ2) is 4.33. The number of carbonyl (C=O) groups is 1. The smallest absolute Gasteiger partial charge is 0.196 e. The molecule has 16 heavy (non-hydrogen) atoms. The van der Waals surface area contributed by atoms with Crippen molar-refractivity contribution >= 4 is 11.5 Å². The number of ketones is 1. The van der Waals surface area contributed by atoms with Crippen molar-refractivity contribution in [2.24, 2.45) is 0 Å². The Morgan fingerprint density at radius 3 is 2.75 bits per heavy atom. The van der Waals surface area contributed by atoms with Crippen LogP contribution in [0.15, 0.2) is 43.0 Å². The lowest BCUT2D eigenvalue weighted by Crippen LogP contribution is -2.24. The fourth-order valence-electron chi connectivity index (χ4n) is 1.66. The summed E-state index contributed by atoms with van der Waals surface area (Å²) < 4.78 is 5.41. The molecule has 0 aliphatic heterocycles. The predicted molar refractivity (Wildman–Crippen MR) is 60.9 cm³/mol. The third-order valence-corrected chi connectivity index (χ3v) is 2.39. The Hall–Kier alpha value is -1.87. The van der Waals surface area contributed by atoms with E-state index in [2.05, 4.69) is 6.58 Å². The summed E-state index contributed by atoms with van der Waals surface area (Å²) in [6.45, 7) is 3.90. The largest absolute Gasteiger partial charge is 0.489 e. The minimum Gasteiger partial charge on any atom is -0.489 e. The molecule has 1 atom stereocenters. The molecule has 0 bridgehead atoms. The minimum atomic E-state index is -1.12. The third-order valence-electron chi connectivity index (χ3n) is 2.39. The average molecular weight is 216 g/mol. The van der Waals surface area contributed by atoms with Crippen LogP contribution in [-0.4, -0.2) is 23.6 Å². The first-order valence-corrected chi connectivity index (χ1v) is 5.01. The SMILES string of the molecule is C=CCOC1=CC(O)C(=O)c2ccccc21. The molecule has 0 saturated heterocycles. The van der Waals surface area contributed by atoms with E-state index < -0.39 is 6.10 Å². The van der Waals surface area contributed by atoms with E-state index in [-0.39, 0.29) is 5.78 Å². The van der Waals surface area contributed by atoms with Crippen molar-refractivity contribution in [3.63, 3.8) is 0 Å². The first-order chi connectivity index (χ1) is 7.74. The summed E-state index contributed by atoms with van der Waals surface area (Å²) >= 11 is 0. The van der Waals surface area contributed by atoms with Gasteiger partial charge in [0.15, 0.2) is 5.78 Å². The lowest BCUT2D eigenvalue weighted by atomic mass is 9.93. The van der Waals surface area contributed by atoms with E-state index in [1.54, 1.807) is 24.3 Å². The monoisotopic (exact) mass is 216 g/mol. The van der Waals surface area contributed by atoms with Gasteiger partial charge in [0.25, 0.3) is 0 Å². The Labute approximate surface area is 93.7 Å². The topological polar surface area (TPSA) is 46.5 Å². The number of aliphatic hydroxyl groups is 1. The van der Waals surface area contributed by atoms with Crippen molar-refractivity contribution in [1.29, 1.82) is 0 Å². The first-order valence-electron chi connectivity index (χ1n) is 5.01. The maximum absolute atomic E-state index is 11.7. The van der Waals surface area contributed by atoms with E-state index in [1.165, 1.54) is 6.08 Å². The maximum atomic E-state index is 11.7. The number of hydrogen-bond acceptors (Lipinski definition) is 3. The van der Waals surface area contributed by atoms with Crippen molar-refractivity contribution in [1.82, 2.24) is 0 Å². The van der Waals surface area contributed by atoms with Gasteiger partial charge in [-0.15, -0.1) is 0 Å². The minimum absolute atomic E-state index is 0.290. The quantitative estimate of drug-likeness (QED) is 0.783. The Morgan fingerprint density at radius 2 is 2.06 bits per heavy atom. The number of hydrogen-bond donors (Lipinski definition) is 1. The fraction of sp³-hybridized carbons (Fsp3) is 0.154. The molecule has 1 unspecified atom stereocenters. The summed E-state index contributed by atoms with van der Waals surface area (Å²) in [6.07, 6.45) is 1.93. The molecule has 1 aromatic carbocycles. The number of benzene rings is 1. The second-order valence-corrected chi connectivity index (χ2v) is 3.49. The summed E-state index contributed by atoms with van der Waals surface area (Å²) in [6, 6.07) is 7.08. The van der Waals surface area contributed by atoms with Crippen LogP contribution in [0.3, 0.4) is 0 Å². The van der Waals surface area contributed by atoms with E-state index in [1.807, 2.05) is 6.07 Å². The van der Waals surface area contributed by atoms with E-state index >= 15 is 0 Å². The summed E-state index contributed by atoms with van der Waals surface area (Å²) in [7, 11) is 0. The zero-order chi connectivity index (χ0) is 11.5. The standard InChI is InChI=1S/C13H12O3/c1-2-7-16-12-8-11(14)13(15)10-6-4-3-5-9(10)12/h2-6,8,11,14H,1,7H2. The Kier molecular flexibility index (Phi) is 2.88. The zero-order valence-corrected chi connectivity index (χ0v) is 8.72. The van der Waals surface area contributed by atoms with Gasteiger partial charge >= 0.3 is 0 Å². The zero-order valence-electron chi connectivity index (χ0n) is 8.72. The van der Waals surface area contributed by atoms with Crippen molar-refractivity contribution in [3.05, 3.63) is 54.1 Å². The maximum Gasteiger partial charge on any atom is 0.196 e. The number of fused-ring (bicyclic) bond motifs is 1. The Balaban J connectivity index is 2.42. The number of ether oxygens (including phenoxy) is 1. The lowest BCUT2D eigenvalue weighted by molar-refractivity contribution is 0.0811. The first kappa shape index (κ1) is 10.6. The molecule has 3 nitrogen and oxygen atoms in total. The number of rotatable bonds is 3. The summed E-state index contributed by atoms with van der Waals surface area (Å²) in [5.41, 5.74) is 1.22. The summed E-state index contributed by atoms with van der Waals surface area (Å²) in [5.74, 6) is 0.240. The van der Waals surface area contributed by atoms with Crippen LogP contribution in [0.4, 0.5) is 0 Å². The van der Waals surface area contributed by atoms with Gasteiger partial charge in [0.05, 0.1) is 0 Å². The Morgan fingerprint density at radius 1 is 1.38 bits per heavy atom. The molecule has 1 aliphatic rings. The summed E-state index contributed by atoms with van der Waals surface area (Å²) in [4.78, 5) is 11.7. The highest BCUT2D eigenvalue weighted by atomic mass is 16.5. The van der Waals surface area contributed by atoms with Crippen LogP contribution in [-0.2, 0) is 4.74 Å². The van der Waals surface area contributed by atoms with E-state index in [0.717, 1.165) is 5.56 Å². The number of Topliss-reactive ketones (excluding diaryl/α,β-unsaturated/α-hetero) is 1. The number of aliphatic hydroxyl groups excluding tert-OH is 1. The van der Waals surface area contributed by atoms with Gasteiger partial charge in [-0.3, -0.25) is 4.79 Å². The molecule has 0 saturated carbocycles. The van der Waals surface area contributed by atoms with Gasteiger partial charge in [-0.2, -0.15) is 0 Å². The second-order valence-electron chi connectivity index (χ2n) is 3.49. The van der Waals surface area contributed by atoms with Gasteiger partial charge in [-0.05, 0) is 6.08 Å². The average Bonchev–Trinajstić information content (AvgIpc) is 2.32. The van der Waals surface area contributed by atoms with Crippen LogP contribution in [0, 0.1) is 0 Å². The molecule has 1 aromatic rings. The van der Waals surface area contributed by atoms with Gasteiger partial charge in [0.2, 0.25) is 0 Å². The van der Waals surface area contributed by atoms with Gasteiger partial charge < -0.3 is 9.84 Å². The highest BCUT2D eigenvalue weighted by Crippen LogP contribution is 2.27. The molecule has 0 radical (unpaired) electrons. The van der Waals surface area contributed by atoms with E-state index in [9.17, 15) is 9.90 Å². The Bertz CT molecular complexity index is 460. The van der Waals surface area contributed by atoms with E-state index in [0.29, 0.717) is 17.9 Å². The molecule has 0 spiro atoms. The normalized spacial score (nSPS) is 18.7. The number of carbonyl (C=O) groups excluding carboxylic acids is 1. The summed E-state index contributed by atoms with van der Waals surface area (Å²) in [5, 5.41) is 9.56. The predicted octanol–water partition coefficient (Wildman–Crippen LogP) is 1.79. The molecule has 0 fully saturated rings. The highest BCUT2D eigenvalue weighted by Gasteiger charge is 2.26. The van der Waals surface area contributed by atoms with Crippen LogP contribution >= 0.6 is 0 Å². The van der Waals surface area contributed by atoms with E-state index in [4.69, 9.17) is 4.74 Å². The molecule has 1 N–H and O–H groups in total. The van der Waals surface area contributed by atoms with Crippen molar-refractivity contribution in [3.8, 4) is 0 Å². The molecule has 0 amide bonds. The third kappa shape index (κ3) is 1.77. The van der Waals surface area contributed by atoms with Gasteiger partial charge in [-0.1, -0.05) is 36.9 Å². The van der Waals surface area contributed by atoms with Crippen molar-refractivity contribution < 1.29 is 14.6 Å². The molecular weight excluding hydrogens is 204 g/mol. The van der Waals surface area contributed by atoms with Crippen LogP contribution in [0.5, 0.6) is 0 Å². The molecule has 2 rings (SSSR count). The molecular formula is C13H12O3. The molecule has 1 aliphatic carbocycles. The highest BCUT2D eigenvalue weighted by molar-refractivity contribution is 6.07. The van der Waals surface area contributed by atoms with Crippen LogP contribution < -0.4 is 0 Å². The lowest BCUT2D eigenvalue weighted by Gasteiger charge is -2.19. The van der Waals surface area contributed by atoms with Gasteiger partial charge in [-0.25, -0.2) is 0 Å². The molecule has 82 valence electrons. The molecule has 0 aromatic heterocycles. The van der Waals surface area contributed by atoms with Crippen LogP contribution in [0.1, 0.15) is 15.9 Å². The van der Waals surface area contributed by atoms with Crippen molar-refractivity contribution in [2.75, 3.05) is 6.61 Å².